The molecule has 0 aliphatic carbocycles. The Bertz CT molecular complexity index is 1130. The monoisotopic (exact) mass is 504 g/mol. The van der Waals surface area contributed by atoms with Crippen LogP contribution < -0.4 is 5.43 Å². The van der Waals surface area contributed by atoms with Gasteiger partial charge >= 0.3 is 5.97 Å². The summed E-state index contributed by atoms with van der Waals surface area (Å²) in [5, 5.41) is 0.564. The molecule has 0 bridgehead atoms. The van der Waals surface area contributed by atoms with Crippen molar-refractivity contribution >= 4 is 16.9 Å². The molecule has 37 heavy (non-hydrogen) atoms. The minimum absolute atomic E-state index is 0.0742. The average molecular weight is 505 g/mol. The first-order valence-electron chi connectivity index (χ1n) is 14.4. The third-order valence-corrected chi connectivity index (χ3v) is 6.96. The maximum Gasteiger partial charge on any atom is 0.310 e. The van der Waals surface area contributed by atoms with Crippen molar-refractivity contribution < 1.29 is 13.9 Å². The van der Waals surface area contributed by atoms with Gasteiger partial charge in [0, 0.05) is 11.6 Å². The molecule has 1 aromatic heterocycles. The Balaban J connectivity index is 1.27. The Labute approximate surface area is 222 Å². The molecule has 4 heteroatoms. The van der Waals surface area contributed by atoms with E-state index in [2.05, 4.69) is 6.92 Å². The lowest BCUT2D eigenvalue weighted by molar-refractivity contribution is -0.142. The first-order valence-corrected chi connectivity index (χ1v) is 14.4. The summed E-state index contributed by atoms with van der Waals surface area (Å²) in [6, 6.07) is 16.3. The molecule has 1 heterocycles. The van der Waals surface area contributed by atoms with E-state index < -0.39 is 0 Å². The van der Waals surface area contributed by atoms with Gasteiger partial charge in [-0.25, -0.2) is 0 Å². The number of carbonyl (C=O) groups excluding carboxylic acids is 1. The quantitative estimate of drug-likeness (QED) is 0.128. The van der Waals surface area contributed by atoms with Crippen molar-refractivity contribution in [3.05, 3.63) is 70.4 Å². The fourth-order valence-electron chi connectivity index (χ4n) is 4.78. The Morgan fingerprint density at radius 1 is 0.730 bits per heavy atom. The van der Waals surface area contributed by atoms with Crippen LogP contribution in [0.2, 0.25) is 0 Å². The molecule has 0 unspecified atom stereocenters. The smallest absolute Gasteiger partial charge is 0.310 e. The molecule has 0 atom stereocenters. The van der Waals surface area contributed by atoms with Crippen molar-refractivity contribution in [2.45, 2.75) is 103 Å². The summed E-state index contributed by atoms with van der Waals surface area (Å²) in [5.74, 6) is 0.285. The van der Waals surface area contributed by atoms with Gasteiger partial charge in [0.25, 0.3) is 0 Å². The number of carbonyl (C=O) groups is 1. The third kappa shape index (κ3) is 10.6. The second-order valence-electron chi connectivity index (χ2n) is 10.2. The fourth-order valence-corrected chi connectivity index (χ4v) is 4.78. The Morgan fingerprint density at radius 3 is 2.03 bits per heavy atom. The highest BCUT2D eigenvalue weighted by Gasteiger charge is 2.10. The highest BCUT2D eigenvalue weighted by Crippen LogP contribution is 2.23. The van der Waals surface area contributed by atoms with Crippen LogP contribution in [0.1, 0.15) is 102 Å². The molecule has 0 aliphatic rings. The van der Waals surface area contributed by atoms with E-state index in [-0.39, 0.29) is 17.8 Å². The van der Waals surface area contributed by atoms with E-state index in [1.807, 2.05) is 36.4 Å². The molecular weight excluding hydrogens is 460 g/mol. The molecule has 0 saturated carbocycles. The van der Waals surface area contributed by atoms with Gasteiger partial charge in [-0.1, -0.05) is 121 Å². The molecule has 0 spiro atoms. The summed E-state index contributed by atoms with van der Waals surface area (Å²) < 4.78 is 11.4. The van der Waals surface area contributed by atoms with E-state index in [0.717, 1.165) is 24.0 Å². The standard InChI is InChI=1S/C33H44O4/c1-2-3-4-5-6-7-8-9-10-11-12-13-14-17-23-36-33(35)25-27-19-18-20-28(24-27)32-26-30(34)29-21-15-16-22-31(29)37-32/h15-16,18-22,24,26H,2-14,17,23,25H2,1H3. The summed E-state index contributed by atoms with van der Waals surface area (Å²) >= 11 is 0. The summed E-state index contributed by atoms with van der Waals surface area (Å²) in [6.45, 7) is 2.75. The second kappa shape index (κ2) is 16.8. The van der Waals surface area contributed by atoms with Gasteiger partial charge in [-0.2, -0.15) is 0 Å². The first-order chi connectivity index (χ1) is 18.2. The minimum atomic E-state index is -0.216. The lowest BCUT2D eigenvalue weighted by Crippen LogP contribution is -2.09. The van der Waals surface area contributed by atoms with Crippen LogP contribution in [0.25, 0.3) is 22.3 Å². The number of ether oxygens (including phenoxy) is 1. The lowest BCUT2D eigenvalue weighted by Gasteiger charge is -2.07. The Hall–Kier alpha value is -2.88. The van der Waals surface area contributed by atoms with Crippen molar-refractivity contribution in [2.75, 3.05) is 6.61 Å². The molecule has 0 aliphatic heterocycles. The van der Waals surface area contributed by atoms with Gasteiger partial charge in [-0.3, -0.25) is 9.59 Å². The zero-order valence-electron chi connectivity index (χ0n) is 22.6. The summed E-state index contributed by atoms with van der Waals surface area (Å²) in [5.41, 5.74) is 2.11. The van der Waals surface area contributed by atoms with Crippen molar-refractivity contribution in [2.24, 2.45) is 0 Å². The van der Waals surface area contributed by atoms with E-state index in [1.54, 1.807) is 12.1 Å². The normalized spacial score (nSPS) is 11.2. The van der Waals surface area contributed by atoms with E-state index >= 15 is 0 Å². The van der Waals surface area contributed by atoms with E-state index in [1.165, 1.54) is 83.1 Å². The summed E-state index contributed by atoms with van der Waals surface area (Å²) in [7, 11) is 0. The van der Waals surface area contributed by atoms with E-state index in [9.17, 15) is 9.59 Å². The van der Waals surface area contributed by atoms with Crippen LogP contribution in [0, 0.1) is 0 Å². The summed E-state index contributed by atoms with van der Waals surface area (Å²) in [6.07, 6.45) is 18.5. The number of esters is 1. The maximum absolute atomic E-state index is 12.4. The molecular formula is C33H44O4. The number of unbranched alkanes of at least 4 members (excludes halogenated alkanes) is 13. The van der Waals surface area contributed by atoms with Gasteiger partial charge in [-0.15, -0.1) is 0 Å². The lowest BCUT2D eigenvalue weighted by atomic mass is 10.0. The Kier molecular flexibility index (Phi) is 13.0. The van der Waals surface area contributed by atoms with Crippen LogP contribution in [-0.2, 0) is 16.0 Å². The van der Waals surface area contributed by atoms with Crippen LogP contribution in [0.5, 0.6) is 0 Å². The maximum atomic E-state index is 12.4. The molecule has 0 N–H and O–H groups in total. The van der Waals surface area contributed by atoms with Crippen molar-refractivity contribution in [1.29, 1.82) is 0 Å². The predicted molar refractivity (Wildman–Crippen MR) is 153 cm³/mol. The second-order valence-corrected chi connectivity index (χ2v) is 10.2. The molecule has 0 fully saturated rings. The highest BCUT2D eigenvalue weighted by atomic mass is 16.5. The van der Waals surface area contributed by atoms with E-state index in [0.29, 0.717) is 23.3 Å². The molecule has 0 radical (unpaired) electrons. The van der Waals surface area contributed by atoms with Crippen LogP contribution in [-0.4, -0.2) is 12.6 Å². The molecule has 2 aromatic carbocycles. The van der Waals surface area contributed by atoms with Gasteiger partial charge in [0.1, 0.15) is 11.3 Å². The first kappa shape index (κ1) is 28.7. The van der Waals surface area contributed by atoms with Gasteiger partial charge in [0.2, 0.25) is 0 Å². The van der Waals surface area contributed by atoms with Crippen molar-refractivity contribution in [3.8, 4) is 11.3 Å². The van der Waals surface area contributed by atoms with Crippen LogP contribution in [0.3, 0.4) is 0 Å². The number of para-hydroxylation sites is 1. The number of benzene rings is 2. The molecule has 4 nitrogen and oxygen atoms in total. The Morgan fingerprint density at radius 2 is 1.35 bits per heavy atom. The SMILES string of the molecule is CCCCCCCCCCCCCCCCOC(=O)Cc1cccc(-c2cc(=O)c3ccccc3o2)c1. The zero-order chi connectivity index (χ0) is 26.1. The van der Waals surface area contributed by atoms with Crippen LogP contribution in [0.4, 0.5) is 0 Å². The number of hydrogen-bond acceptors (Lipinski definition) is 4. The van der Waals surface area contributed by atoms with Crippen LogP contribution in [0.15, 0.2) is 63.8 Å². The largest absolute Gasteiger partial charge is 0.465 e. The average Bonchev–Trinajstić information content (AvgIpc) is 2.91. The predicted octanol–water partition coefficient (Wildman–Crippen LogP) is 9.03. The van der Waals surface area contributed by atoms with Crippen molar-refractivity contribution in [1.82, 2.24) is 0 Å². The molecule has 3 aromatic rings. The highest BCUT2D eigenvalue weighted by molar-refractivity contribution is 5.79. The number of hydrogen-bond donors (Lipinski definition) is 0. The molecule has 3 rings (SSSR count). The zero-order valence-corrected chi connectivity index (χ0v) is 22.6. The van der Waals surface area contributed by atoms with Crippen molar-refractivity contribution in [3.63, 3.8) is 0 Å². The van der Waals surface area contributed by atoms with Gasteiger partial charge in [-0.05, 0) is 30.2 Å². The summed E-state index contributed by atoms with van der Waals surface area (Å²) in [4.78, 5) is 24.7. The third-order valence-electron chi connectivity index (χ3n) is 6.96. The minimum Gasteiger partial charge on any atom is -0.465 e. The van der Waals surface area contributed by atoms with Gasteiger partial charge < -0.3 is 9.15 Å². The number of rotatable bonds is 18. The molecule has 0 saturated heterocycles. The number of fused-ring (bicyclic) bond motifs is 1. The van der Waals surface area contributed by atoms with E-state index in [4.69, 9.17) is 9.15 Å². The topological polar surface area (TPSA) is 56.5 Å². The molecule has 0 amide bonds. The molecule has 200 valence electrons. The van der Waals surface area contributed by atoms with Crippen LogP contribution >= 0.6 is 0 Å². The van der Waals surface area contributed by atoms with Gasteiger partial charge in [0.15, 0.2) is 5.43 Å². The fraction of sp³-hybridized carbons (Fsp3) is 0.515. The van der Waals surface area contributed by atoms with Gasteiger partial charge in [0.05, 0.1) is 18.4 Å².